The predicted octanol–water partition coefficient (Wildman–Crippen LogP) is 3.43. The molecule has 0 fully saturated rings. The first kappa shape index (κ1) is 9.90. The summed E-state index contributed by atoms with van der Waals surface area (Å²) >= 11 is 0. The molecule has 1 rings (SSSR count). The van der Waals surface area contributed by atoms with E-state index in [9.17, 15) is 0 Å². The highest BCUT2D eigenvalue weighted by atomic mass is 14.9. The van der Waals surface area contributed by atoms with Crippen LogP contribution in [0, 0.1) is 5.53 Å². The van der Waals surface area contributed by atoms with Crippen molar-refractivity contribution in [3.63, 3.8) is 0 Å². The van der Waals surface area contributed by atoms with Crippen molar-refractivity contribution in [2.24, 2.45) is 5.11 Å². The van der Waals surface area contributed by atoms with Crippen LogP contribution in [-0.2, 0) is 6.42 Å². The zero-order chi connectivity index (χ0) is 9.36. The van der Waals surface area contributed by atoms with Gasteiger partial charge in [0, 0.05) is 0 Å². The maximum Gasteiger partial charge on any atom is 0.0596 e. The first-order valence-electron chi connectivity index (χ1n) is 4.80. The van der Waals surface area contributed by atoms with Gasteiger partial charge in [-0.05, 0) is 24.8 Å². The van der Waals surface area contributed by atoms with E-state index in [1.54, 1.807) is 0 Å². The quantitative estimate of drug-likeness (QED) is 0.509. The molecule has 0 heterocycles. The van der Waals surface area contributed by atoms with Crippen molar-refractivity contribution >= 4 is 0 Å². The molecule has 0 aliphatic heterocycles. The number of nitrogens with one attached hydrogen (secondary N) is 1. The highest BCUT2D eigenvalue weighted by Gasteiger charge is 1.91. The van der Waals surface area contributed by atoms with Crippen LogP contribution in [0.25, 0.3) is 0 Å². The zero-order valence-corrected chi connectivity index (χ0v) is 7.87. The molecule has 0 radical (unpaired) electrons. The van der Waals surface area contributed by atoms with Gasteiger partial charge in [0.2, 0.25) is 0 Å². The van der Waals surface area contributed by atoms with Crippen LogP contribution in [0.15, 0.2) is 35.4 Å². The number of hydrogen-bond acceptors (Lipinski definition) is 2. The van der Waals surface area contributed by atoms with E-state index in [1.807, 2.05) is 6.07 Å². The lowest BCUT2D eigenvalue weighted by Crippen LogP contribution is -1.86. The second-order valence-electron chi connectivity index (χ2n) is 3.18. The lowest BCUT2D eigenvalue weighted by Gasteiger charge is -1.99. The average molecular weight is 176 g/mol. The SMILES string of the molecule is N=NCCCCCc1ccccc1. The Balaban J connectivity index is 2.10. The second-order valence-corrected chi connectivity index (χ2v) is 3.18. The van der Waals surface area contributed by atoms with Crippen molar-refractivity contribution in [2.45, 2.75) is 25.7 Å². The Morgan fingerprint density at radius 1 is 1.00 bits per heavy atom. The number of nitrogens with zero attached hydrogens (tertiary/aromatic N) is 1. The highest BCUT2D eigenvalue weighted by Crippen LogP contribution is 2.05. The molecule has 70 valence electrons. The summed E-state index contributed by atoms with van der Waals surface area (Å²) in [4.78, 5) is 0. The third-order valence-corrected chi connectivity index (χ3v) is 2.08. The molecule has 0 saturated heterocycles. The largest absolute Gasteiger partial charge is 0.210 e. The van der Waals surface area contributed by atoms with E-state index >= 15 is 0 Å². The van der Waals surface area contributed by atoms with E-state index in [2.05, 4.69) is 29.4 Å². The van der Waals surface area contributed by atoms with Gasteiger partial charge in [-0.25, -0.2) is 5.53 Å². The van der Waals surface area contributed by atoms with Gasteiger partial charge in [0.15, 0.2) is 0 Å². The van der Waals surface area contributed by atoms with Crippen molar-refractivity contribution in [2.75, 3.05) is 6.54 Å². The van der Waals surface area contributed by atoms with E-state index in [4.69, 9.17) is 5.53 Å². The standard InChI is InChI=1S/C11H16N2/c12-13-10-6-2-5-9-11-7-3-1-4-8-11/h1,3-4,7-8,12H,2,5-6,9-10H2. The minimum atomic E-state index is 0.689. The molecule has 1 N–H and O–H groups in total. The van der Waals surface area contributed by atoms with Gasteiger partial charge in [-0.3, -0.25) is 0 Å². The lowest BCUT2D eigenvalue weighted by molar-refractivity contribution is 0.670. The van der Waals surface area contributed by atoms with Gasteiger partial charge in [0.25, 0.3) is 0 Å². The fraction of sp³-hybridized carbons (Fsp3) is 0.455. The topological polar surface area (TPSA) is 36.2 Å². The third-order valence-electron chi connectivity index (χ3n) is 2.08. The fourth-order valence-electron chi connectivity index (χ4n) is 1.34. The second kappa shape index (κ2) is 6.35. The average Bonchev–Trinajstić information content (AvgIpc) is 2.19. The van der Waals surface area contributed by atoms with Crippen LogP contribution in [0.5, 0.6) is 0 Å². The Labute approximate surface area is 79.5 Å². The van der Waals surface area contributed by atoms with Crippen molar-refractivity contribution in [1.82, 2.24) is 0 Å². The maximum absolute atomic E-state index is 6.63. The summed E-state index contributed by atoms with van der Waals surface area (Å²) in [5.74, 6) is 0. The number of hydrogen-bond donors (Lipinski definition) is 1. The van der Waals surface area contributed by atoms with Gasteiger partial charge >= 0.3 is 0 Å². The Hall–Kier alpha value is -1.18. The summed E-state index contributed by atoms with van der Waals surface area (Å²) in [5, 5.41) is 3.33. The molecule has 2 heteroatoms. The summed E-state index contributed by atoms with van der Waals surface area (Å²) in [6.07, 6.45) is 4.59. The van der Waals surface area contributed by atoms with Gasteiger partial charge in [-0.1, -0.05) is 36.8 Å². The minimum absolute atomic E-state index is 0.689. The summed E-state index contributed by atoms with van der Waals surface area (Å²) < 4.78 is 0. The summed E-state index contributed by atoms with van der Waals surface area (Å²) in [6, 6.07) is 10.5. The molecule has 2 nitrogen and oxygen atoms in total. The monoisotopic (exact) mass is 176 g/mol. The molecule has 0 bridgehead atoms. The third kappa shape index (κ3) is 4.41. The van der Waals surface area contributed by atoms with Crippen molar-refractivity contribution < 1.29 is 0 Å². The molecule has 1 aromatic rings. The van der Waals surface area contributed by atoms with Crippen LogP contribution in [0.1, 0.15) is 24.8 Å². The molecular formula is C11H16N2. The number of benzene rings is 1. The van der Waals surface area contributed by atoms with E-state index < -0.39 is 0 Å². The van der Waals surface area contributed by atoms with Crippen LogP contribution in [0.2, 0.25) is 0 Å². The molecule has 0 aliphatic rings. The Kier molecular flexibility index (Phi) is 4.84. The molecule has 0 aromatic heterocycles. The smallest absolute Gasteiger partial charge is 0.0596 e. The van der Waals surface area contributed by atoms with Gasteiger partial charge < -0.3 is 0 Å². The van der Waals surface area contributed by atoms with Gasteiger partial charge in [0.05, 0.1) is 6.54 Å². The van der Waals surface area contributed by atoms with E-state index in [-0.39, 0.29) is 0 Å². The summed E-state index contributed by atoms with van der Waals surface area (Å²) in [5.41, 5.74) is 8.03. The van der Waals surface area contributed by atoms with Gasteiger partial charge in [-0.2, -0.15) is 5.11 Å². The zero-order valence-electron chi connectivity index (χ0n) is 7.87. The van der Waals surface area contributed by atoms with Crippen LogP contribution in [-0.4, -0.2) is 6.54 Å². The van der Waals surface area contributed by atoms with Crippen molar-refractivity contribution in [3.8, 4) is 0 Å². The van der Waals surface area contributed by atoms with Crippen LogP contribution < -0.4 is 0 Å². The van der Waals surface area contributed by atoms with Crippen LogP contribution in [0.3, 0.4) is 0 Å². The molecule has 13 heavy (non-hydrogen) atoms. The molecule has 0 spiro atoms. The van der Waals surface area contributed by atoms with Crippen LogP contribution in [0.4, 0.5) is 0 Å². The van der Waals surface area contributed by atoms with Gasteiger partial charge in [-0.15, -0.1) is 0 Å². The minimum Gasteiger partial charge on any atom is -0.210 e. The van der Waals surface area contributed by atoms with Crippen molar-refractivity contribution in [1.29, 1.82) is 5.53 Å². The maximum atomic E-state index is 6.63. The number of rotatable bonds is 6. The van der Waals surface area contributed by atoms with Crippen molar-refractivity contribution in [3.05, 3.63) is 35.9 Å². The van der Waals surface area contributed by atoms with E-state index in [0.29, 0.717) is 6.54 Å². The number of unbranched alkanes of at least 4 members (excludes halogenated alkanes) is 2. The molecular weight excluding hydrogens is 160 g/mol. The molecule has 0 amide bonds. The van der Waals surface area contributed by atoms with Crippen LogP contribution >= 0.6 is 0 Å². The molecule has 0 unspecified atom stereocenters. The fourth-order valence-corrected chi connectivity index (χ4v) is 1.34. The Morgan fingerprint density at radius 2 is 1.77 bits per heavy atom. The normalized spacial score (nSPS) is 9.85. The van der Waals surface area contributed by atoms with E-state index in [1.165, 1.54) is 18.4 Å². The summed E-state index contributed by atoms with van der Waals surface area (Å²) in [7, 11) is 0. The number of aryl methyl sites for hydroxylation is 1. The summed E-state index contributed by atoms with van der Waals surface area (Å²) in [6.45, 7) is 0.689. The Morgan fingerprint density at radius 3 is 2.46 bits per heavy atom. The highest BCUT2D eigenvalue weighted by molar-refractivity contribution is 5.14. The molecule has 0 saturated carbocycles. The molecule has 0 aliphatic carbocycles. The lowest BCUT2D eigenvalue weighted by atomic mass is 10.1. The predicted molar refractivity (Wildman–Crippen MR) is 54.0 cm³/mol. The Bertz CT molecular complexity index is 231. The molecule has 1 aromatic carbocycles. The molecule has 0 atom stereocenters. The first-order valence-corrected chi connectivity index (χ1v) is 4.80. The first-order chi connectivity index (χ1) is 6.43. The van der Waals surface area contributed by atoms with E-state index in [0.717, 1.165) is 12.8 Å². The van der Waals surface area contributed by atoms with Gasteiger partial charge in [0.1, 0.15) is 0 Å².